The fourth-order valence-electron chi connectivity index (χ4n) is 1.16. The number of benzene rings is 1. The minimum absolute atomic E-state index is 0.101. The van der Waals surface area contributed by atoms with Crippen molar-refractivity contribution in [3.8, 4) is 5.75 Å². The highest BCUT2D eigenvalue weighted by Gasteiger charge is 1.98. The van der Waals surface area contributed by atoms with E-state index in [1.807, 2.05) is 12.1 Å². The van der Waals surface area contributed by atoms with E-state index in [0.717, 1.165) is 6.42 Å². The van der Waals surface area contributed by atoms with Gasteiger partial charge in [0.25, 0.3) is 0 Å². The van der Waals surface area contributed by atoms with Gasteiger partial charge < -0.3 is 10.8 Å². The summed E-state index contributed by atoms with van der Waals surface area (Å²) in [5, 5.41) is 9.48. The van der Waals surface area contributed by atoms with Crippen molar-refractivity contribution in [3.05, 3.63) is 51.5 Å². The van der Waals surface area contributed by atoms with E-state index < -0.39 is 0 Å². The average molecular weight is 321 g/mol. The molecular formula is C12H12Cl3N3O. The normalized spacial score (nSPS) is 9.68. The Morgan fingerprint density at radius 1 is 1.11 bits per heavy atom. The first-order valence-corrected chi connectivity index (χ1v) is 6.48. The molecule has 1 aromatic heterocycles. The van der Waals surface area contributed by atoms with Crippen LogP contribution in [0.2, 0.25) is 15.5 Å². The third-order valence-corrected chi connectivity index (χ3v) is 2.88. The van der Waals surface area contributed by atoms with E-state index >= 15 is 0 Å². The number of phenolic OH excluding ortho intramolecular Hbond substituents is 1. The van der Waals surface area contributed by atoms with E-state index in [1.165, 1.54) is 11.8 Å². The summed E-state index contributed by atoms with van der Waals surface area (Å²) in [6.45, 7) is 0.658. The van der Waals surface area contributed by atoms with Gasteiger partial charge in [-0.1, -0.05) is 35.3 Å². The molecule has 0 unspecified atom stereocenters. The molecule has 0 aliphatic heterocycles. The molecule has 2 aromatic rings. The third-order valence-electron chi connectivity index (χ3n) is 2.04. The summed E-state index contributed by atoms with van der Waals surface area (Å²) in [6.07, 6.45) is 2.22. The van der Waals surface area contributed by atoms with Crippen molar-refractivity contribution >= 4 is 34.8 Å². The van der Waals surface area contributed by atoms with Crippen LogP contribution in [0.15, 0.2) is 30.5 Å². The molecule has 0 radical (unpaired) electrons. The van der Waals surface area contributed by atoms with Crippen LogP contribution in [-0.4, -0.2) is 21.6 Å². The van der Waals surface area contributed by atoms with Crippen LogP contribution in [0.3, 0.4) is 0 Å². The summed E-state index contributed by atoms with van der Waals surface area (Å²) in [5.74, 6) is 0.306. The molecule has 1 heterocycles. The lowest BCUT2D eigenvalue weighted by Crippen LogP contribution is -2.01. The molecule has 0 aliphatic carbocycles. The topological polar surface area (TPSA) is 72.0 Å². The van der Waals surface area contributed by atoms with Crippen molar-refractivity contribution in [2.45, 2.75) is 6.42 Å². The van der Waals surface area contributed by atoms with Gasteiger partial charge in [0.1, 0.15) is 5.75 Å². The van der Waals surface area contributed by atoms with Crippen LogP contribution in [0.1, 0.15) is 5.56 Å². The van der Waals surface area contributed by atoms with Gasteiger partial charge in [-0.3, -0.25) is 0 Å². The zero-order chi connectivity index (χ0) is 14.3. The van der Waals surface area contributed by atoms with E-state index in [2.05, 4.69) is 9.97 Å². The second-order valence-electron chi connectivity index (χ2n) is 3.48. The molecule has 102 valence electrons. The van der Waals surface area contributed by atoms with Crippen LogP contribution in [0.4, 0.5) is 0 Å². The lowest BCUT2D eigenvalue weighted by atomic mass is 10.1. The second kappa shape index (κ2) is 8.17. The van der Waals surface area contributed by atoms with Crippen molar-refractivity contribution in [1.29, 1.82) is 0 Å². The van der Waals surface area contributed by atoms with Crippen molar-refractivity contribution in [2.75, 3.05) is 6.54 Å². The molecule has 3 N–H and O–H groups in total. The summed E-state index contributed by atoms with van der Waals surface area (Å²) in [5.41, 5.74) is 6.50. The maximum atomic E-state index is 8.89. The third kappa shape index (κ3) is 6.07. The fourth-order valence-corrected chi connectivity index (χ4v) is 1.55. The maximum Gasteiger partial charge on any atom is 0.223 e. The number of nitrogens with two attached hydrogens (primary N) is 1. The number of phenols is 1. The highest BCUT2D eigenvalue weighted by molar-refractivity contribution is 6.41. The summed E-state index contributed by atoms with van der Waals surface area (Å²) >= 11 is 16.3. The van der Waals surface area contributed by atoms with E-state index in [4.69, 9.17) is 45.6 Å². The molecule has 0 saturated carbocycles. The summed E-state index contributed by atoms with van der Waals surface area (Å²) in [7, 11) is 0. The first-order chi connectivity index (χ1) is 9.02. The lowest BCUT2D eigenvalue weighted by Gasteiger charge is -1.96. The van der Waals surface area contributed by atoms with Crippen molar-refractivity contribution in [2.24, 2.45) is 5.73 Å². The number of hydrogen-bond donors (Lipinski definition) is 2. The average Bonchev–Trinajstić information content (AvgIpc) is 2.38. The lowest BCUT2D eigenvalue weighted by molar-refractivity contribution is 0.475. The van der Waals surface area contributed by atoms with Crippen LogP contribution in [0.5, 0.6) is 5.75 Å². The SMILES string of the molecule is Clc1ncc(Cl)c(Cl)n1.NCCc1ccc(O)cc1. The van der Waals surface area contributed by atoms with Gasteiger partial charge in [-0.25, -0.2) is 9.97 Å². The quantitative estimate of drug-likeness (QED) is 0.657. The molecule has 0 atom stereocenters. The Balaban J connectivity index is 0.000000191. The Morgan fingerprint density at radius 2 is 1.74 bits per heavy atom. The standard InChI is InChI=1S/C8H11NO.C4HCl3N2/c9-6-5-7-1-3-8(10)4-2-7;5-2-1-8-4(7)9-3(2)6/h1-4,10H,5-6,9H2;1H. The number of rotatable bonds is 2. The number of hydrogen-bond acceptors (Lipinski definition) is 4. The molecular weight excluding hydrogens is 309 g/mol. The molecule has 4 nitrogen and oxygen atoms in total. The summed E-state index contributed by atoms with van der Waals surface area (Å²) < 4.78 is 0. The Bertz CT molecular complexity index is 520. The minimum atomic E-state index is 0.101. The fraction of sp³-hybridized carbons (Fsp3) is 0.167. The van der Waals surface area contributed by atoms with Gasteiger partial charge in [-0.15, -0.1) is 0 Å². The Kier molecular flexibility index (Phi) is 6.87. The van der Waals surface area contributed by atoms with Gasteiger partial charge in [0, 0.05) is 0 Å². The van der Waals surface area contributed by atoms with Crippen molar-refractivity contribution < 1.29 is 5.11 Å². The molecule has 0 fully saturated rings. The Morgan fingerprint density at radius 3 is 2.21 bits per heavy atom. The summed E-state index contributed by atoms with van der Waals surface area (Å²) in [6, 6.07) is 7.10. The monoisotopic (exact) mass is 319 g/mol. The van der Waals surface area contributed by atoms with E-state index in [0.29, 0.717) is 17.3 Å². The van der Waals surface area contributed by atoms with Crippen LogP contribution in [0, 0.1) is 0 Å². The van der Waals surface area contributed by atoms with Gasteiger partial charge in [-0.05, 0) is 42.3 Å². The molecule has 2 rings (SSSR count). The second-order valence-corrected chi connectivity index (χ2v) is 4.59. The highest BCUT2D eigenvalue weighted by atomic mass is 35.5. The first kappa shape index (κ1) is 16.0. The zero-order valence-electron chi connectivity index (χ0n) is 9.85. The van der Waals surface area contributed by atoms with E-state index in [9.17, 15) is 0 Å². The van der Waals surface area contributed by atoms with Crippen LogP contribution in [-0.2, 0) is 6.42 Å². The number of aromatic nitrogens is 2. The Hall–Kier alpha value is -1.07. The highest BCUT2D eigenvalue weighted by Crippen LogP contribution is 2.18. The molecule has 7 heteroatoms. The van der Waals surface area contributed by atoms with E-state index in [1.54, 1.807) is 12.1 Å². The largest absolute Gasteiger partial charge is 0.508 e. The molecule has 0 aliphatic rings. The van der Waals surface area contributed by atoms with Gasteiger partial charge in [0.05, 0.1) is 11.2 Å². The van der Waals surface area contributed by atoms with Gasteiger partial charge in [-0.2, -0.15) is 0 Å². The van der Waals surface area contributed by atoms with Gasteiger partial charge in [0.15, 0.2) is 5.15 Å². The molecule has 19 heavy (non-hydrogen) atoms. The van der Waals surface area contributed by atoms with Crippen LogP contribution >= 0.6 is 34.8 Å². The smallest absolute Gasteiger partial charge is 0.223 e. The number of nitrogens with zero attached hydrogens (tertiary/aromatic N) is 2. The Labute approximate surface area is 126 Å². The van der Waals surface area contributed by atoms with Crippen LogP contribution in [0.25, 0.3) is 0 Å². The number of aromatic hydroxyl groups is 1. The van der Waals surface area contributed by atoms with Crippen molar-refractivity contribution in [1.82, 2.24) is 9.97 Å². The molecule has 0 spiro atoms. The van der Waals surface area contributed by atoms with E-state index in [-0.39, 0.29) is 10.4 Å². The predicted octanol–water partition coefficient (Wildman–Crippen LogP) is 3.33. The maximum absolute atomic E-state index is 8.89. The molecule has 0 amide bonds. The minimum Gasteiger partial charge on any atom is -0.508 e. The number of halogens is 3. The first-order valence-electron chi connectivity index (χ1n) is 5.34. The van der Waals surface area contributed by atoms with Crippen molar-refractivity contribution in [3.63, 3.8) is 0 Å². The molecule has 1 aromatic carbocycles. The molecule has 0 saturated heterocycles. The van der Waals surface area contributed by atoms with Gasteiger partial charge >= 0.3 is 0 Å². The summed E-state index contributed by atoms with van der Waals surface area (Å²) in [4.78, 5) is 7.14. The predicted molar refractivity (Wildman–Crippen MR) is 77.9 cm³/mol. The zero-order valence-corrected chi connectivity index (χ0v) is 12.1. The van der Waals surface area contributed by atoms with Crippen LogP contribution < -0.4 is 5.73 Å². The van der Waals surface area contributed by atoms with Gasteiger partial charge in [0.2, 0.25) is 5.28 Å². The molecule has 0 bridgehead atoms.